The Morgan fingerprint density at radius 2 is 1.24 bits per heavy atom. The molecule has 0 aliphatic rings. The molecule has 0 spiro atoms. The second-order valence-corrected chi connectivity index (χ2v) is 6.21. The number of unbranched alkanes of at least 4 members (excludes halogenated alkanes) is 11. The highest BCUT2D eigenvalue weighted by Gasteiger charge is 1.99. The molecule has 2 nitrogen and oxygen atoms in total. The molecule has 0 aromatic carbocycles. The number of nitrogens with zero attached hydrogens (tertiary/aromatic N) is 2. The van der Waals surface area contributed by atoms with Gasteiger partial charge >= 0.3 is 0 Å². The van der Waals surface area contributed by atoms with Crippen molar-refractivity contribution in [1.29, 1.82) is 0 Å². The van der Waals surface area contributed by atoms with E-state index in [1.54, 1.807) is 0 Å². The van der Waals surface area contributed by atoms with Crippen LogP contribution >= 0.6 is 0 Å². The Balaban J connectivity index is 0.00000400. The molecule has 0 aliphatic carbocycles. The third kappa shape index (κ3) is 11.8. The summed E-state index contributed by atoms with van der Waals surface area (Å²) < 4.78 is 4.40. The lowest BCUT2D eigenvalue weighted by atomic mass is 10.1. The van der Waals surface area contributed by atoms with E-state index in [-0.39, 0.29) is 12.4 Å². The van der Waals surface area contributed by atoms with Gasteiger partial charge in [0.15, 0.2) is 0 Å². The quantitative estimate of drug-likeness (QED) is 0.389. The maximum atomic E-state index is 2.29. The molecule has 0 fully saturated rings. The van der Waals surface area contributed by atoms with Gasteiger partial charge in [0.25, 0.3) is 0 Å². The van der Waals surface area contributed by atoms with Gasteiger partial charge in [0.2, 0.25) is 6.33 Å². The molecule has 0 bridgehead atoms. The van der Waals surface area contributed by atoms with E-state index in [9.17, 15) is 0 Å². The fourth-order valence-electron chi connectivity index (χ4n) is 2.77. The minimum atomic E-state index is 0. The van der Waals surface area contributed by atoms with Crippen molar-refractivity contribution in [2.45, 2.75) is 90.5 Å². The Bertz CT molecular complexity index is 323. The molecular weight excluding hydrogens is 280 g/mol. The first-order valence-electron chi connectivity index (χ1n) is 8.84. The predicted octanol–water partition coefficient (Wildman–Crippen LogP) is 2.02. The molecule has 0 saturated heterocycles. The first-order chi connectivity index (χ1) is 9.83. The highest BCUT2D eigenvalue weighted by molar-refractivity contribution is 4.65. The molecule has 1 aromatic rings. The minimum Gasteiger partial charge on any atom is -1.00 e. The molecule has 124 valence electrons. The summed E-state index contributed by atoms with van der Waals surface area (Å²) in [5.74, 6) is 0. The average molecular weight is 315 g/mol. The van der Waals surface area contributed by atoms with Crippen molar-refractivity contribution in [3.63, 3.8) is 0 Å². The fourth-order valence-corrected chi connectivity index (χ4v) is 2.77. The second-order valence-electron chi connectivity index (χ2n) is 6.21. The SMILES string of the molecule is CCCCCCCCCCCCCCn1cc[n+](C)c1.[Cl-]. The Hall–Kier alpha value is -0.500. The van der Waals surface area contributed by atoms with Crippen LogP contribution in [-0.2, 0) is 13.6 Å². The Kier molecular flexibility index (Phi) is 14.1. The smallest absolute Gasteiger partial charge is 0.243 e. The van der Waals surface area contributed by atoms with E-state index in [2.05, 4.69) is 41.8 Å². The summed E-state index contributed by atoms with van der Waals surface area (Å²) in [5.41, 5.74) is 0. The summed E-state index contributed by atoms with van der Waals surface area (Å²) >= 11 is 0. The van der Waals surface area contributed by atoms with E-state index in [1.165, 1.54) is 83.6 Å². The van der Waals surface area contributed by atoms with Crippen LogP contribution in [0, 0.1) is 0 Å². The van der Waals surface area contributed by atoms with Crippen LogP contribution in [0.1, 0.15) is 84.0 Å². The Labute approximate surface area is 138 Å². The number of halogens is 1. The minimum absolute atomic E-state index is 0. The average Bonchev–Trinajstić information content (AvgIpc) is 2.86. The lowest BCUT2D eigenvalue weighted by Gasteiger charge is -2.02. The highest BCUT2D eigenvalue weighted by Crippen LogP contribution is 2.12. The van der Waals surface area contributed by atoms with E-state index in [0.717, 1.165) is 0 Å². The first-order valence-corrected chi connectivity index (χ1v) is 8.84. The number of aryl methyl sites for hydroxylation is 2. The van der Waals surface area contributed by atoms with Gasteiger partial charge in [-0.15, -0.1) is 0 Å². The molecule has 0 unspecified atom stereocenters. The van der Waals surface area contributed by atoms with Gasteiger partial charge in [0.1, 0.15) is 12.4 Å². The van der Waals surface area contributed by atoms with Crippen molar-refractivity contribution in [3.05, 3.63) is 18.7 Å². The molecule has 1 aromatic heterocycles. The molecule has 0 atom stereocenters. The first kappa shape index (κ1) is 20.5. The third-order valence-electron chi connectivity index (χ3n) is 4.09. The van der Waals surface area contributed by atoms with Gasteiger partial charge in [-0.3, -0.25) is 0 Å². The van der Waals surface area contributed by atoms with Gasteiger partial charge in [0.05, 0.1) is 13.6 Å². The molecule has 0 amide bonds. The van der Waals surface area contributed by atoms with Gasteiger partial charge in [-0.2, -0.15) is 0 Å². The molecule has 1 rings (SSSR count). The maximum absolute atomic E-state index is 2.29. The van der Waals surface area contributed by atoms with E-state index in [4.69, 9.17) is 0 Å². The number of imidazole rings is 1. The van der Waals surface area contributed by atoms with Crippen molar-refractivity contribution < 1.29 is 17.0 Å². The number of rotatable bonds is 13. The number of aromatic nitrogens is 2. The van der Waals surface area contributed by atoms with Crippen molar-refractivity contribution in [3.8, 4) is 0 Å². The summed E-state index contributed by atoms with van der Waals surface area (Å²) in [6, 6.07) is 0. The maximum Gasteiger partial charge on any atom is 0.243 e. The molecular formula is C18H35ClN2. The van der Waals surface area contributed by atoms with E-state index < -0.39 is 0 Å². The van der Waals surface area contributed by atoms with Crippen molar-refractivity contribution >= 4 is 0 Å². The standard InChI is InChI=1S/C18H35N2.ClH/c1-3-4-5-6-7-8-9-10-11-12-13-14-15-20-17-16-19(2)18-20;/h16-18H,3-15H2,1-2H3;1H/q+1;/p-1. The lowest BCUT2D eigenvalue weighted by molar-refractivity contribution is -0.671. The van der Waals surface area contributed by atoms with Crippen LogP contribution < -0.4 is 17.0 Å². The third-order valence-corrected chi connectivity index (χ3v) is 4.09. The molecule has 0 N–H and O–H groups in total. The summed E-state index contributed by atoms with van der Waals surface area (Å²) in [6.45, 7) is 3.47. The van der Waals surface area contributed by atoms with Crippen LogP contribution in [0.2, 0.25) is 0 Å². The second kappa shape index (κ2) is 14.4. The molecule has 1 heterocycles. The summed E-state index contributed by atoms with van der Waals surface area (Å²) in [7, 11) is 2.08. The van der Waals surface area contributed by atoms with Crippen LogP contribution in [-0.4, -0.2) is 4.57 Å². The summed E-state index contributed by atoms with van der Waals surface area (Å²) in [6.07, 6.45) is 23.6. The molecule has 3 heteroatoms. The van der Waals surface area contributed by atoms with Gasteiger partial charge < -0.3 is 12.4 Å². The van der Waals surface area contributed by atoms with Crippen LogP contribution in [0.25, 0.3) is 0 Å². The van der Waals surface area contributed by atoms with E-state index in [1.807, 2.05) is 0 Å². The summed E-state index contributed by atoms with van der Waals surface area (Å²) in [5, 5.41) is 0. The number of hydrogen-bond donors (Lipinski definition) is 0. The van der Waals surface area contributed by atoms with Crippen LogP contribution in [0.3, 0.4) is 0 Å². The highest BCUT2D eigenvalue weighted by atomic mass is 35.5. The van der Waals surface area contributed by atoms with Crippen LogP contribution in [0.5, 0.6) is 0 Å². The van der Waals surface area contributed by atoms with Crippen LogP contribution in [0.4, 0.5) is 0 Å². The largest absolute Gasteiger partial charge is 1.00 e. The van der Waals surface area contributed by atoms with Crippen molar-refractivity contribution in [1.82, 2.24) is 4.57 Å². The van der Waals surface area contributed by atoms with Gasteiger partial charge in [-0.25, -0.2) is 9.13 Å². The Morgan fingerprint density at radius 1 is 0.762 bits per heavy atom. The molecule has 21 heavy (non-hydrogen) atoms. The predicted molar refractivity (Wildman–Crippen MR) is 86.7 cm³/mol. The van der Waals surface area contributed by atoms with Gasteiger partial charge in [-0.1, -0.05) is 71.1 Å². The molecule has 0 radical (unpaired) electrons. The lowest BCUT2D eigenvalue weighted by Crippen LogP contribution is -3.00. The van der Waals surface area contributed by atoms with Gasteiger partial charge in [0, 0.05) is 0 Å². The van der Waals surface area contributed by atoms with Gasteiger partial charge in [-0.05, 0) is 12.8 Å². The van der Waals surface area contributed by atoms with Crippen LogP contribution in [0.15, 0.2) is 18.7 Å². The summed E-state index contributed by atoms with van der Waals surface area (Å²) in [4.78, 5) is 0. The topological polar surface area (TPSA) is 8.81 Å². The normalized spacial score (nSPS) is 10.6. The number of hydrogen-bond acceptors (Lipinski definition) is 0. The fraction of sp³-hybridized carbons (Fsp3) is 0.833. The monoisotopic (exact) mass is 314 g/mol. The zero-order chi connectivity index (χ0) is 14.5. The molecule has 0 saturated carbocycles. The molecule has 0 aliphatic heterocycles. The van der Waals surface area contributed by atoms with Crippen molar-refractivity contribution in [2.75, 3.05) is 0 Å². The van der Waals surface area contributed by atoms with Crippen molar-refractivity contribution in [2.24, 2.45) is 7.05 Å². The zero-order valence-electron chi connectivity index (χ0n) is 14.2. The van der Waals surface area contributed by atoms with E-state index >= 15 is 0 Å². The van der Waals surface area contributed by atoms with E-state index in [0.29, 0.717) is 0 Å². The Morgan fingerprint density at radius 3 is 1.67 bits per heavy atom. The zero-order valence-corrected chi connectivity index (χ0v) is 15.0.